The Morgan fingerprint density at radius 2 is 1.72 bits per heavy atom. The van der Waals surface area contributed by atoms with Crippen molar-refractivity contribution in [3.8, 4) is 0 Å². The van der Waals surface area contributed by atoms with Crippen LogP contribution in [0, 0.1) is 0 Å². The lowest BCUT2D eigenvalue weighted by Gasteiger charge is -2.46. The van der Waals surface area contributed by atoms with Crippen molar-refractivity contribution in [3.05, 3.63) is 71.8 Å². The molecule has 1 amide bonds. The van der Waals surface area contributed by atoms with Crippen molar-refractivity contribution in [2.24, 2.45) is 0 Å². The van der Waals surface area contributed by atoms with E-state index in [1.54, 1.807) is 0 Å². The number of carbonyl (C=O) groups is 1. The molecule has 6 atom stereocenters. The Morgan fingerprint density at radius 1 is 1.03 bits per heavy atom. The lowest BCUT2D eigenvalue weighted by molar-refractivity contribution is -0.341. The first-order valence-corrected chi connectivity index (χ1v) is 11.7. The molecule has 170 valence electrons. The second-order valence-corrected chi connectivity index (χ2v) is 9.28. The zero-order valence-corrected chi connectivity index (χ0v) is 18.1. The van der Waals surface area contributed by atoms with Gasteiger partial charge >= 0.3 is 10.3 Å². The SMILES string of the molecule is CC(=O)N1C2C(OS1(=O)=O)[C@@H]1OC(c3ccccc3)OCC1O[C@H]2OCc1ccccc1. The zero-order valence-electron chi connectivity index (χ0n) is 17.3. The van der Waals surface area contributed by atoms with Crippen LogP contribution in [0.1, 0.15) is 24.3 Å². The fourth-order valence-corrected chi connectivity index (χ4v) is 5.72. The average molecular weight is 461 g/mol. The molecule has 3 aliphatic rings. The van der Waals surface area contributed by atoms with E-state index in [1.165, 1.54) is 6.92 Å². The molecule has 0 bridgehead atoms. The Kier molecular flexibility index (Phi) is 5.74. The molecule has 3 saturated heterocycles. The van der Waals surface area contributed by atoms with Gasteiger partial charge in [0.15, 0.2) is 12.6 Å². The predicted octanol–water partition coefficient (Wildman–Crippen LogP) is 1.90. The third-order valence-electron chi connectivity index (χ3n) is 5.69. The van der Waals surface area contributed by atoms with Crippen molar-refractivity contribution in [1.82, 2.24) is 4.31 Å². The van der Waals surface area contributed by atoms with E-state index in [2.05, 4.69) is 0 Å². The van der Waals surface area contributed by atoms with Gasteiger partial charge in [0.25, 0.3) is 0 Å². The van der Waals surface area contributed by atoms with Gasteiger partial charge in [-0.1, -0.05) is 60.7 Å². The molecule has 9 nitrogen and oxygen atoms in total. The van der Waals surface area contributed by atoms with Crippen molar-refractivity contribution < 1.29 is 36.3 Å². The number of hydrogen-bond acceptors (Lipinski definition) is 8. The van der Waals surface area contributed by atoms with Gasteiger partial charge < -0.3 is 18.9 Å². The summed E-state index contributed by atoms with van der Waals surface area (Å²) in [5, 5.41) is 0. The second-order valence-electron chi connectivity index (χ2n) is 7.84. The highest BCUT2D eigenvalue weighted by Gasteiger charge is 2.62. The summed E-state index contributed by atoms with van der Waals surface area (Å²) >= 11 is 0. The molecule has 32 heavy (non-hydrogen) atoms. The summed E-state index contributed by atoms with van der Waals surface area (Å²) in [4.78, 5) is 12.3. The molecule has 0 aliphatic carbocycles. The lowest BCUT2D eigenvalue weighted by atomic mass is 9.95. The van der Waals surface area contributed by atoms with Crippen LogP contribution in [0.15, 0.2) is 60.7 Å². The first-order chi connectivity index (χ1) is 15.4. The molecule has 5 rings (SSSR count). The summed E-state index contributed by atoms with van der Waals surface area (Å²) in [7, 11) is -4.31. The summed E-state index contributed by atoms with van der Waals surface area (Å²) in [6, 6.07) is 17.7. The molecule has 0 radical (unpaired) electrons. The van der Waals surface area contributed by atoms with Gasteiger partial charge in [0.2, 0.25) is 5.91 Å². The van der Waals surface area contributed by atoms with Crippen molar-refractivity contribution in [2.45, 2.75) is 50.5 Å². The van der Waals surface area contributed by atoms with E-state index in [-0.39, 0.29) is 13.2 Å². The highest BCUT2D eigenvalue weighted by molar-refractivity contribution is 7.85. The topological polar surface area (TPSA) is 101 Å². The van der Waals surface area contributed by atoms with Gasteiger partial charge in [-0.15, -0.1) is 0 Å². The summed E-state index contributed by atoms with van der Waals surface area (Å²) in [5.41, 5.74) is 1.67. The van der Waals surface area contributed by atoms with E-state index in [0.29, 0.717) is 4.31 Å². The third-order valence-corrected chi connectivity index (χ3v) is 7.14. The number of rotatable bonds is 4. The summed E-state index contributed by atoms with van der Waals surface area (Å²) in [6.45, 7) is 1.50. The maximum atomic E-state index is 12.7. The van der Waals surface area contributed by atoms with Crippen molar-refractivity contribution >= 4 is 16.2 Å². The van der Waals surface area contributed by atoms with E-state index in [9.17, 15) is 13.2 Å². The fraction of sp³-hybridized carbons (Fsp3) is 0.409. The molecule has 0 spiro atoms. The van der Waals surface area contributed by atoms with Crippen LogP contribution in [0.3, 0.4) is 0 Å². The largest absolute Gasteiger partial charge is 0.365 e. The van der Waals surface area contributed by atoms with Crippen LogP contribution in [0.4, 0.5) is 0 Å². The monoisotopic (exact) mass is 461 g/mol. The third kappa shape index (κ3) is 3.94. The molecular weight excluding hydrogens is 438 g/mol. The standard InChI is InChI=1S/C22H23NO8S/c1-14(24)23-18-20(31-32(23,25)26)19-17(13-28-21(30-19)16-10-6-3-7-11-16)29-22(18)27-12-15-8-4-2-5-9-15/h2-11,17-22H,12-13H2,1H3/t17?,18?,19-,20?,21?,22-/m1/s1. The van der Waals surface area contributed by atoms with Gasteiger partial charge in [-0.2, -0.15) is 8.42 Å². The minimum absolute atomic E-state index is 0.155. The Balaban J connectivity index is 1.43. The van der Waals surface area contributed by atoms with Crippen molar-refractivity contribution in [1.29, 1.82) is 0 Å². The molecule has 3 aliphatic heterocycles. The number of amides is 1. The maximum Gasteiger partial charge on any atom is 0.365 e. The van der Waals surface area contributed by atoms with Gasteiger partial charge in [0, 0.05) is 12.5 Å². The van der Waals surface area contributed by atoms with Gasteiger partial charge in [0.1, 0.15) is 24.4 Å². The molecular formula is C22H23NO8S. The minimum Gasteiger partial charge on any atom is -0.346 e. The van der Waals surface area contributed by atoms with Crippen LogP contribution in [0.5, 0.6) is 0 Å². The van der Waals surface area contributed by atoms with Crippen LogP contribution >= 0.6 is 0 Å². The summed E-state index contributed by atoms with van der Waals surface area (Å²) in [6.07, 6.45) is -4.13. The molecule has 0 saturated carbocycles. The molecule has 4 unspecified atom stereocenters. The molecule has 2 aromatic carbocycles. The first kappa shape index (κ1) is 21.5. The van der Waals surface area contributed by atoms with E-state index in [0.717, 1.165) is 11.1 Å². The number of fused-ring (bicyclic) bond motifs is 3. The number of benzene rings is 2. The molecule has 0 aromatic heterocycles. The van der Waals surface area contributed by atoms with E-state index < -0.39 is 53.1 Å². The summed E-state index contributed by atoms with van der Waals surface area (Å²) in [5.74, 6) is -0.681. The highest BCUT2D eigenvalue weighted by atomic mass is 32.2. The molecule has 3 heterocycles. The van der Waals surface area contributed by atoms with Crippen molar-refractivity contribution in [3.63, 3.8) is 0 Å². The average Bonchev–Trinajstić information content (AvgIpc) is 3.10. The number of carbonyl (C=O) groups excluding carboxylic acids is 1. The van der Waals surface area contributed by atoms with Crippen LogP contribution in [-0.2, 0) is 44.8 Å². The number of ether oxygens (including phenoxy) is 4. The Hall–Kier alpha value is -2.34. The normalized spacial score (nSPS) is 33.3. The van der Waals surface area contributed by atoms with Crippen LogP contribution in [-0.4, -0.2) is 55.9 Å². The maximum absolute atomic E-state index is 12.7. The Morgan fingerprint density at radius 3 is 2.41 bits per heavy atom. The van der Waals surface area contributed by atoms with E-state index >= 15 is 0 Å². The number of nitrogens with zero attached hydrogens (tertiary/aromatic N) is 1. The van der Waals surface area contributed by atoms with E-state index in [4.69, 9.17) is 23.1 Å². The molecule has 0 N–H and O–H groups in total. The second kappa shape index (κ2) is 8.54. The van der Waals surface area contributed by atoms with Gasteiger partial charge in [-0.3, -0.25) is 4.79 Å². The molecule has 10 heteroatoms. The van der Waals surface area contributed by atoms with Crippen LogP contribution in [0.2, 0.25) is 0 Å². The highest BCUT2D eigenvalue weighted by Crippen LogP contribution is 2.42. The zero-order chi connectivity index (χ0) is 22.3. The molecule has 2 aromatic rings. The van der Waals surface area contributed by atoms with Crippen LogP contribution in [0.25, 0.3) is 0 Å². The summed E-state index contributed by atoms with van der Waals surface area (Å²) < 4.78 is 55.4. The number of hydrogen-bond donors (Lipinski definition) is 0. The lowest BCUT2D eigenvalue weighted by Crippen LogP contribution is -2.64. The predicted molar refractivity (Wildman–Crippen MR) is 110 cm³/mol. The molecule has 3 fully saturated rings. The van der Waals surface area contributed by atoms with Gasteiger partial charge in [-0.25, -0.2) is 8.49 Å². The van der Waals surface area contributed by atoms with Gasteiger partial charge in [-0.05, 0) is 5.56 Å². The Bertz CT molecular complexity index is 1060. The van der Waals surface area contributed by atoms with E-state index in [1.807, 2.05) is 60.7 Å². The quantitative estimate of drug-likeness (QED) is 0.681. The Labute approximate surface area is 186 Å². The van der Waals surface area contributed by atoms with Gasteiger partial charge in [0.05, 0.1) is 13.2 Å². The smallest absolute Gasteiger partial charge is 0.346 e. The minimum atomic E-state index is -4.31. The first-order valence-electron chi connectivity index (χ1n) is 10.3. The fourth-order valence-electron chi connectivity index (χ4n) is 4.29. The van der Waals surface area contributed by atoms with Crippen LogP contribution < -0.4 is 0 Å². The van der Waals surface area contributed by atoms with Crippen molar-refractivity contribution in [2.75, 3.05) is 6.61 Å².